The van der Waals surface area contributed by atoms with Gasteiger partial charge in [0.1, 0.15) is 0 Å². The third-order valence-corrected chi connectivity index (χ3v) is 5.33. The second-order valence-electron chi connectivity index (χ2n) is 4.66. The number of hydrogen-bond donors (Lipinski definition) is 0. The Morgan fingerprint density at radius 3 is 2.83 bits per heavy atom. The number of rotatable bonds is 5. The van der Waals surface area contributed by atoms with Crippen LogP contribution in [0.25, 0.3) is 0 Å². The molecule has 1 aliphatic rings. The molecule has 1 atom stereocenters. The molecule has 0 unspecified atom stereocenters. The molecular formula is C10H17N3O3S2. The first kappa shape index (κ1) is 13.8. The van der Waals surface area contributed by atoms with E-state index in [-0.39, 0.29) is 17.4 Å². The zero-order valence-corrected chi connectivity index (χ0v) is 12.1. The van der Waals surface area contributed by atoms with E-state index in [1.807, 2.05) is 14.1 Å². The van der Waals surface area contributed by atoms with Crippen LogP contribution in [0.2, 0.25) is 0 Å². The lowest BCUT2D eigenvalue weighted by molar-refractivity contribution is 0.391. The Morgan fingerprint density at radius 2 is 2.22 bits per heavy atom. The quantitative estimate of drug-likeness (QED) is 0.736. The molecule has 0 aliphatic carbocycles. The fourth-order valence-electron chi connectivity index (χ4n) is 1.75. The van der Waals surface area contributed by atoms with Crippen LogP contribution < -0.4 is 0 Å². The second-order valence-corrected chi connectivity index (χ2v) is 7.93. The summed E-state index contributed by atoms with van der Waals surface area (Å²) in [7, 11) is 1.10. The van der Waals surface area contributed by atoms with Crippen LogP contribution in [0.4, 0.5) is 0 Å². The highest BCUT2D eigenvalue weighted by Gasteiger charge is 2.32. The minimum Gasteiger partial charge on any atom is -0.416 e. The van der Waals surface area contributed by atoms with Crippen molar-refractivity contribution in [2.45, 2.75) is 17.6 Å². The number of aromatic nitrogens is 2. The third kappa shape index (κ3) is 3.69. The maximum absolute atomic E-state index is 11.4. The fourth-order valence-corrected chi connectivity index (χ4v) is 4.36. The molecule has 8 heteroatoms. The van der Waals surface area contributed by atoms with Gasteiger partial charge in [-0.25, -0.2) is 8.42 Å². The molecule has 0 radical (unpaired) electrons. The largest absolute Gasteiger partial charge is 0.416 e. The molecule has 0 bridgehead atoms. The van der Waals surface area contributed by atoms with Crippen molar-refractivity contribution in [1.82, 2.24) is 15.1 Å². The van der Waals surface area contributed by atoms with Gasteiger partial charge in [0.05, 0.1) is 17.4 Å². The van der Waals surface area contributed by atoms with Gasteiger partial charge in [0.15, 0.2) is 9.84 Å². The maximum Gasteiger partial charge on any atom is 0.276 e. The highest BCUT2D eigenvalue weighted by Crippen LogP contribution is 2.29. The van der Waals surface area contributed by atoms with E-state index in [9.17, 15) is 8.42 Å². The lowest BCUT2D eigenvalue weighted by atomic mass is 10.1. The van der Waals surface area contributed by atoms with Gasteiger partial charge in [-0.1, -0.05) is 11.8 Å². The Hall–Kier alpha value is -0.600. The van der Waals surface area contributed by atoms with E-state index in [1.165, 1.54) is 11.8 Å². The van der Waals surface area contributed by atoms with Crippen LogP contribution in [0.15, 0.2) is 9.64 Å². The van der Waals surface area contributed by atoms with Crippen molar-refractivity contribution < 1.29 is 12.8 Å². The van der Waals surface area contributed by atoms with Crippen molar-refractivity contribution in [3.8, 4) is 0 Å². The molecule has 0 amide bonds. The smallest absolute Gasteiger partial charge is 0.276 e. The molecule has 102 valence electrons. The van der Waals surface area contributed by atoms with E-state index in [4.69, 9.17) is 4.42 Å². The lowest BCUT2D eigenvalue weighted by Gasteiger charge is -2.06. The summed E-state index contributed by atoms with van der Waals surface area (Å²) in [6.07, 6.45) is 0.590. The molecule has 1 aromatic rings. The molecule has 6 nitrogen and oxygen atoms in total. The van der Waals surface area contributed by atoms with Crippen LogP contribution >= 0.6 is 11.8 Å². The Balaban J connectivity index is 1.90. The van der Waals surface area contributed by atoms with Gasteiger partial charge in [-0.3, -0.25) is 0 Å². The SMILES string of the molecule is CN(C)CCSc1nnc([C@@H]2CCS(=O)(=O)C2)o1. The monoisotopic (exact) mass is 291 g/mol. The van der Waals surface area contributed by atoms with Gasteiger partial charge in [-0.2, -0.15) is 0 Å². The minimum atomic E-state index is -2.90. The van der Waals surface area contributed by atoms with Gasteiger partial charge in [0.2, 0.25) is 5.89 Å². The average molecular weight is 291 g/mol. The van der Waals surface area contributed by atoms with E-state index in [2.05, 4.69) is 15.1 Å². The number of thioether (sulfide) groups is 1. The molecular weight excluding hydrogens is 274 g/mol. The first-order chi connectivity index (χ1) is 8.46. The summed E-state index contributed by atoms with van der Waals surface area (Å²) in [5.41, 5.74) is 0. The molecule has 1 aliphatic heterocycles. The normalized spacial score (nSPS) is 22.7. The summed E-state index contributed by atoms with van der Waals surface area (Å²) in [4.78, 5) is 2.08. The van der Waals surface area contributed by atoms with Crippen LogP contribution in [0.1, 0.15) is 18.2 Å². The van der Waals surface area contributed by atoms with Gasteiger partial charge in [0.25, 0.3) is 5.22 Å². The molecule has 0 spiro atoms. The van der Waals surface area contributed by atoms with Gasteiger partial charge >= 0.3 is 0 Å². The van der Waals surface area contributed by atoms with Gasteiger partial charge in [-0.15, -0.1) is 10.2 Å². The van der Waals surface area contributed by atoms with Crippen molar-refractivity contribution in [2.75, 3.05) is 37.9 Å². The molecule has 1 saturated heterocycles. The zero-order chi connectivity index (χ0) is 13.2. The van der Waals surface area contributed by atoms with E-state index in [0.717, 1.165) is 12.3 Å². The summed E-state index contributed by atoms with van der Waals surface area (Å²) in [6, 6.07) is 0. The summed E-state index contributed by atoms with van der Waals surface area (Å²) in [5, 5.41) is 8.41. The van der Waals surface area contributed by atoms with Crippen molar-refractivity contribution in [3.05, 3.63) is 5.89 Å². The van der Waals surface area contributed by atoms with Gasteiger partial charge in [-0.05, 0) is 20.5 Å². The van der Waals surface area contributed by atoms with E-state index in [0.29, 0.717) is 17.5 Å². The standard InChI is InChI=1S/C10H17N3O3S2/c1-13(2)4-5-17-10-12-11-9(16-10)8-3-6-18(14,15)7-8/h8H,3-7H2,1-2H3/t8-/m1/s1. The Labute approximate surface area is 111 Å². The molecule has 1 fully saturated rings. The summed E-state index contributed by atoms with van der Waals surface area (Å²) in [5.74, 6) is 1.58. The molecule has 0 N–H and O–H groups in total. The summed E-state index contributed by atoms with van der Waals surface area (Å²) < 4.78 is 28.2. The molecule has 0 aromatic carbocycles. The third-order valence-electron chi connectivity index (χ3n) is 2.77. The van der Waals surface area contributed by atoms with Crippen LogP contribution in [-0.2, 0) is 9.84 Å². The zero-order valence-electron chi connectivity index (χ0n) is 10.5. The molecule has 1 aromatic heterocycles. The van der Waals surface area contributed by atoms with Gasteiger partial charge < -0.3 is 9.32 Å². The molecule has 2 heterocycles. The second kappa shape index (κ2) is 5.58. The summed E-state index contributed by atoms with van der Waals surface area (Å²) in [6.45, 7) is 0.931. The maximum atomic E-state index is 11.4. The first-order valence-corrected chi connectivity index (χ1v) is 8.58. The first-order valence-electron chi connectivity index (χ1n) is 5.77. The van der Waals surface area contributed by atoms with Crippen LogP contribution in [0.5, 0.6) is 0 Å². The van der Waals surface area contributed by atoms with Crippen molar-refractivity contribution in [1.29, 1.82) is 0 Å². The van der Waals surface area contributed by atoms with Crippen LogP contribution in [-0.4, -0.2) is 61.4 Å². The number of sulfone groups is 1. The Bertz CT molecular complexity index is 498. The van der Waals surface area contributed by atoms with Crippen molar-refractivity contribution in [3.63, 3.8) is 0 Å². The van der Waals surface area contributed by atoms with E-state index >= 15 is 0 Å². The molecule has 2 rings (SSSR count). The average Bonchev–Trinajstić information content (AvgIpc) is 2.84. The number of nitrogens with zero attached hydrogens (tertiary/aromatic N) is 3. The highest BCUT2D eigenvalue weighted by atomic mass is 32.2. The van der Waals surface area contributed by atoms with Crippen LogP contribution in [0.3, 0.4) is 0 Å². The molecule has 18 heavy (non-hydrogen) atoms. The Morgan fingerprint density at radius 1 is 1.44 bits per heavy atom. The van der Waals surface area contributed by atoms with Crippen molar-refractivity contribution >= 4 is 21.6 Å². The Kier molecular flexibility index (Phi) is 4.29. The lowest BCUT2D eigenvalue weighted by Crippen LogP contribution is -2.14. The summed E-state index contributed by atoms with van der Waals surface area (Å²) >= 11 is 1.50. The molecule has 0 saturated carbocycles. The van der Waals surface area contributed by atoms with Crippen LogP contribution in [0, 0.1) is 0 Å². The number of hydrogen-bond acceptors (Lipinski definition) is 7. The predicted octanol–water partition coefficient (Wildman–Crippen LogP) is 0.625. The minimum absolute atomic E-state index is 0.120. The van der Waals surface area contributed by atoms with E-state index in [1.54, 1.807) is 0 Å². The predicted molar refractivity (Wildman–Crippen MR) is 69.6 cm³/mol. The fraction of sp³-hybridized carbons (Fsp3) is 0.800. The van der Waals surface area contributed by atoms with Crippen molar-refractivity contribution in [2.24, 2.45) is 0 Å². The highest BCUT2D eigenvalue weighted by molar-refractivity contribution is 7.99. The topological polar surface area (TPSA) is 76.3 Å². The van der Waals surface area contributed by atoms with Gasteiger partial charge in [0, 0.05) is 12.3 Å². The van der Waals surface area contributed by atoms with E-state index < -0.39 is 9.84 Å².